The lowest BCUT2D eigenvalue weighted by atomic mass is 9.91. The third-order valence-electron chi connectivity index (χ3n) is 3.60. The van der Waals surface area contributed by atoms with Crippen molar-refractivity contribution in [3.05, 3.63) is 30.3 Å². The number of benzene rings is 1. The smallest absolute Gasteiger partial charge is 0.231 e. The summed E-state index contributed by atoms with van der Waals surface area (Å²) < 4.78 is 0. The van der Waals surface area contributed by atoms with Crippen molar-refractivity contribution in [2.75, 3.05) is 5.32 Å². The number of para-hydroxylation sites is 1. The predicted octanol–water partition coefficient (Wildman–Crippen LogP) is 4.80. The Morgan fingerprint density at radius 1 is 1.14 bits per heavy atom. The minimum absolute atomic E-state index is 0.00843. The number of nitrogens with one attached hydrogen (secondary N) is 1. The highest BCUT2D eigenvalue weighted by atomic mass is 35.5. The quantitative estimate of drug-likeness (QED) is 0.496. The van der Waals surface area contributed by atoms with Crippen LogP contribution >= 0.6 is 11.6 Å². The second-order valence-electron chi connectivity index (χ2n) is 5.85. The van der Waals surface area contributed by atoms with Crippen molar-refractivity contribution in [1.29, 1.82) is 0 Å². The zero-order valence-corrected chi connectivity index (χ0v) is 14.2. The Balaban J connectivity index is 2.40. The van der Waals surface area contributed by atoms with Crippen LogP contribution in [0.3, 0.4) is 0 Å². The molecule has 4 heteroatoms. The van der Waals surface area contributed by atoms with Crippen LogP contribution in [0.1, 0.15) is 52.4 Å². The van der Waals surface area contributed by atoms with Crippen LogP contribution in [0.2, 0.25) is 0 Å². The maximum absolute atomic E-state index is 12.1. The van der Waals surface area contributed by atoms with Crippen LogP contribution in [0.5, 0.6) is 0 Å². The molecular formula is C18H26ClNO2. The Kier molecular flexibility index (Phi) is 8.83. The third-order valence-corrected chi connectivity index (χ3v) is 3.82. The first-order valence-corrected chi connectivity index (χ1v) is 8.45. The number of carbonyl (C=O) groups excluding carboxylic acids is 2. The van der Waals surface area contributed by atoms with Gasteiger partial charge in [0.2, 0.25) is 5.91 Å². The summed E-state index contributed by atoms with van der Waals surface area (Å²) in [5.41, 5.74) is 0.723. The largest absolute Gasteiger partial charge is 0.326 e. The lowest BCUT2D eigenvalue weighted by molar-refractivity contribution is -0.126. The van der Waals surface area contributed by atoms with Crippen LogP contribution in [0.15, 0.2) is 30.3 Å². The third kappa shape index (κ3) is 8.18. The first-order valence-electron chi connectivity index (χ1n) is 8.02. The van der Waals surface area contributed by atoms with Crippen LogP contribution in [-0.4, -0.2) is 17.1 Å². The van der Waals surface area contributed by atoms with Crippen LogP contribution in [0.25, 0.3) is 0 Å². The number of hydrogen-bond acceptors (Lipinski definition) is 2. The van der Waals surface area contributed by atoms with E-state index in [1.807, 2.05) is 37.3 Å². The summed E-state index contributed by atoms with van der Waals surface area (Å²) in [4.78, 5) is 24.0. The fourth-order valence-corrected chi connectivity index (χ4v) is 2.65. The molecule has 0 aromatic heterocycles. The van der Waals surface area contributed by atoms with E-state index < -0.39 is 0 Å². The lowest BCUT2D eigenvalue weighted by Crippen LogP contribution is -2.18. The molecule has 0 saturated carbocycles. The number of halogens is 1. The SMILES string of the molecule is CCCC(CCC(C)Cl)CC(=O)CC(=O)Nc1ccccc1. The fraction of sp³-hybridized carbons (Fsp3) is 0.556. The fourth-order valence-electron chi connectivity index (χ4n) is 2.52. The van der Waals surface area contributed by atoms with E-state index in [1.165, 1.54) is 0 Å². The molecule has 22 heavy (non-hydrogen) atoms. The van der Waals surface area contributed by atoms with Crippen molar-refractivity contribution in [2.24, 2.45) is 5.92 Å². The molecule has 0 spiro atoms. The van der Waals surface area contributed by atoms with Crippen molar-refractivity contribution >= 4 is 29.0 Å². The van der Waals surface area contributed by atoms with E-state index in [1.54, 1.807) is 0 Å². The van der Waals surface area contributed by atoms with Gasteiger partial charge in [0, 0.05) is 17.5 Å². The minimum Gasteiger partial charge on any atom is -0.326 e. The second kappa shape index (κ2) is 10.4. The molecule has 1 amide bonds. The highest BCUT2D eigenvalue weighted by molar-refractivity contribution is 6.20. The summed E-state index contributed by atoms with van der Waals surface area (Å²) in [7, 11) is 0. The van der Waals surface area contributed by atoms with E-state index in [2.05, 4.69) is 12.2 Å². The van der Waals surface area contributed by atoms with Gasteiger partial charge < -0.3 is 5.32 Å². The van der Waals surface area contributed by atoms with Gasteiger partial charge in [-0.3, -0.25) is 9.59 Å². The predicted molar refractivity (Wildman–Crippen MR) is 92.3 cm³/mol. The summed E-state index contributed by atoms with van der Waals surface area (Å²) in [6, 6.07) is 9.20. The van der Waals surface area contributed by atoms with Gasteiger partial charge in [-0.2, -0.15) is 0 Å². The van der Waals surface area contributed by atoms with Gasteiger partial charge in [0.25, 0.3) is 0 Å². The normalized spacial score (nSPS) is 13.4. The lowest BCUT2D eigenvalue weighted by Gasteiger charge is -2.16. The monoisotopic (exact) mass is 323 g/mol. The van der Waals surface area contributed by atoms with Crippen molar-refractivity contribution in [2.45, 2.75) is 57.7 Å². The van der Waals surface area contributed by atoms with Gasteiger partial charge in [-0.05, 0) is 37.8 Å². The van der Waals surface area contributed by atoms with Crippen molar-refractivity contribution < 1.29 is 9.59 Å². The molecule has 1 aromatic rings. The van der Waals surface area contributed by atoms with Crippen LogP contribution in [0.4, 0.5) is 5.69 Å². The Bertz CT molecular complexity index is 459. The van der Waals surface area contributed by atoms with Crippen LogP contribution < -0.4 is 5.32 Å². The van der Waals surface area contributed by atoms with Gasteiger partial charge >= 0.3 is 0 Å². The van der Waals surface area contributed by atoms with Crippen LogP contribution in [0, 0.1) is 5.92 Å². The van der Waals surface area contributed by atoms with E-state index >= 15 is 0 Å². The molecule has 0 heterocycles. The maximum atomic E-state index is 12.1. The van der Waals surface area contributed by atoms with Crippen LogP contribution in [-0.2, 0) is 9.59 Å². The van der Waals surface area contributed by atoms with Gasteiger partial charge in [-0.15, -0.1) is 11.6 Å². The van der Waals surface area contributed by atoms with E-state index in [9.17, 15) is 9.59 Å². The second-order valence-corrected chi connectivity index (χ2v) is 6.59. The number of Topliss-reactive ketones (excluding diaryl/α,β-unsaturated/α-hetero) is 1. The molecule has 0 saturated heterocycles. The molecule has 0 aliphatic rings. The number of carbonyl (C=O) groups is 2. The van der Waals surface area contributed by atoms with Gasteiger partial charge in [-0.1, -0.05) is 38.0 Å². The average Bonchev–Trinajstić information content (AvgIpc) is 2.45. The van der Waals surface area contributed by atoms with Gasteiger partial charge in [0.1, 0.15) is 5.78 Å². The number of rotatable bonds is 10. The molecular weight excluding hydrogens is 298 g/mol. The molecule has 1 rings (SSSR count). The van der Waals surface area contributed by atoms with E-state index in [0.717, 1.165) is 31.4 Å². The summed E-state index contributed by atoms with van der Waals surface area (Å²) in [6.07, 6.45) is 4.34. The highest BCUT2D eigenvalue weighted by Gasteiger charge is 2.16. The maximum Gasteiger partial charge on any atom is 0.231 e. The van der Waals surface area contributed by atoms with E-state index in [-0.39, 0.29) is 23.5 Å². The molecule has 1 aromatic carbocycles. The molecule has 3 nitrogen and oxygen atoms in total. The molecule has 0 bridgehead atoms. The number of amides is 1. The summed E-state index contributed by atoms with van der Waals surface area (Å²) in [5, 5.41) is 2.88. The number of alkyl halides is 1. The van der Waals surface area contributed by atoms with E-state index in [4.69, 9.17) is 11.6 Å². The molecule has 0 fully saturated rings. The van der Waals surface area contributed by atoms with Crippen molar-refractivity contribution in [3.63, 3.8) is 0 Å². The Morgan fingerprint density at radius 3 is 2.41 bits per heavy atom. The first kappa shape index (κ1) is 18.7. The van der Waals surface area contributed by atoms with Gasteiger partial charge in [0.05, 0.1) is 6.42 Å². The molecule has 0 radical (unpaired) electrons. The molecule has 2 atom stereocenters. The van der Waals surface area contributed by atoms with Gasteiger partial charge in [0.15, 0.2) is 0 Å². The minimum atomic E-state index is -0.239. The topological polar surface area (TPSA) is 46.2 Å². The van der Waals surface area contributed by atoms with Gasteiger partial charge in [-0.25, -0.2) is 0 Å². The standard InChI is InChI=1S/C18H26ClNO2/c1-3-7-15(11-10-14(2)19)12-17(21)13-18(22)20-16-8-5-4-6-9-16/h4-6,8-9,14-15H,3,7,10-13H2,1-2H3,(H,20,22). The average molecular weight is 324 g/mol. The van der Waals surface area contributed by atoms with Crippen molar-refractivity contribution in [3.8, 4) is 0 Å². The molecule has 0 aliphatic heterocycles. The van der Waals surface area contributed by atoms with Crippen molar-refractivity contribution in [1.82, 2.24) is 0 Å². The van der Waals surface area contributed by atoms with E-state index in [0.29, 0.717) is 12.3 Å². The molecule has 2 unspecified atom stereocenters. The number of hydrogen-bond donors (Lipinski definition) is 1. The molecule has 1 N–H and O–H groups in total. The molecule has 0 aliphatic carbocycles. The Hall–Kier alpha value is -1.35. The summed E-state index contributed by atoms with van der Waals surface area (Å²) >= 11 is 5.98. The molecule has 122 valence electrons. The number of ketones is 1. The number of anilines is 1. The summed E-state index contributed by atoms with van der Waals surface area (Å²) in [5.74, 6) is 0.106. The summed E-state index contributed by atoms with van der Waals surface area (Å²) in [6.45, 7) is 4.09. The zero-order valence-electron chi connectivity index (χ0n) is 13.5. The Labute approximate surface area is 138 Å². The highest BCUT2D eigenvalue weighted by Crippen LogP contribution is 2.21. The first-order chi connectivity index (χ1) is 10.5. The Morgan fingerprint density at radius 2 is 1.82 bits per heavy atom. The zero-order chi connectivity index (χ0) is 16.4.